The zero-order chi connectivity index (χ0) is 14.4. The highest BCUT2D eigenvalue weighted by Crippen LogP contribution is 2.17. The lowest BCUT2D eigenvalue weighted by Gasteiger charge is -2.11. The molecule has 1 aromatic carbocycles. The number of methoxy groups -OCH3 is 1. The Morgan fingerprint density at radius 2 is 2.05 bits per heavy atom. The molecule has 2 N–H and O–H groups in total. The van der Waals surface area contributed by atoms with Crippen LogP contribution in [0.3, 0.4) is 0 Å². The first kappa shape index (κ1) is 14.0. The Balaban J connectivity index is 1.91. The van der Waals surface area contributed by atoms with Crippen LogP contribution in [0.4, 0.5) is 5.69 Å². The third kappa shape index (κ3) is 3.80. The molecule has 5 heteroatoms. The van der Waals surface area contributed by atoms with Crippen LogP contribution in [0.25, 0.3) is 0 Å². The minimum atomic E-state index is -0.817. The van der Waals surface area contributed by atoms with E-state index >= 15 is 0 Å². The first-order valence-corrected chi connectivity index (χ1v) is 6.22. The Kier molecular flexibility index (Phi) is 4.68. The van der Waals surface area contributed by atoms with Gasteiger partial charge in [-0.15, -0.1) is 0 Å². The van der Waals surface area contributed by atoms with Crippen LogP contribution in [0.5, 0.6) is 5.88 Å². The SMILES string of the molecule is COc1ccc(NC(=O)CC(O)c2ccccc2)cn1. The molecule has 1 aromatic heterocycles. The van der Waals surface area contributed by atoms with Gasteiger partial charge in [0.1, 0.15) is 0 Å². The zero-order valence-corrected chi connectivity index (χ0v) is 11.1. The Morgan fingerprint density at radius 3 is 2.65 bits per heavy atom. The quantitative estimate of drug-likeness (QED) is 0.875. The van der Waals surface area contributed by atoms with Crippen molar-refractivity contribution in [3.63, 3.8) is 0 Å². The van der Waals surface area contributed by atoms with Crippen molar-refractivity contribution in [2.75, 3.05) is 12.4 Å². The molecule has 0 aliphatic heterocycles. The van der Waals surface area contributed by atoms with Crippen molar-refractivity contribution in [1.82, 2.24) is 4.98 Å². The minimum Gasteiger partial charge on any atom is -0.481 e. The third-order valence-corrected chi connectivity index (χ3v) is 2.79. The monoisotopic (exact) mass is 272 g/mol. The fraction of sp³-hybridized carbons (Fsp3) is 0.200. The van der Waals surface area contributed by atoms with Crippen LogP contribution in [-0.2, 0) is 4.79 Å². The molecule has 2 rings (SSSR count). The summed E-state index contributed by atoms with van der Waals surface area (Å²) in [6, 6.07) is 12.4. The van der Waals surface area contributed by atoms with Gasteiger partial charge in [0, 0.05) is 6.07 Å². The lowest BCUT2D eigenvalue weighted by atomic mass is 10.1. The smallest absolute Gasteiger partial charge is 0.227 e. The van der Waals surface area contributed by atoms with E-state index in [4.69, 9.17) is 4.74 Å². The second-order valence-corrected chi connectivity index (χ2v) is 4.27. The molecule has 104 valence electrons. The molecule has 1 unspecified atom stereocenters. The summed E-state index contributed by atoms with van der Waals surface area (Å²) < 4.78 is 4.93. The van der Waals surface area contributed by atoms with Crippen LogP contribution in [0.15, 0.2) is 48.7 Å². The van der Waals surface area contributed by atoms with E-state index in [1.807, 2.05) is 18.2 Å². The van der Waals surface area contributed by atoms with Crippen LogP contribution in [0, 0.1) is 0 Å². The number of nitrogens with one attached hydrogen (secondary N) is 1. The molecular weight excluding hydrogens is 256 g/mol. The van der Waals surface area contributed by atoms with E-state index in [1.54, 1.807) is 24.3 Å². The van der Waals surface area contributed by atoms with E-state index in [9.17, 15) is 9.90 Å². The number of pyridine rings is 1. The van der Waals surface area contributed by atoms with Gasteiger partial charge in [-0.1, -0.05) is 30.3 Å². The van der Waals surface area contributed by atoms with Gasteiger partial charge in [0.2, 0.25) is 11.8 Å². The van der Waals surface area contributed by atoms with E-state index in [0.29, 0.717) is 11.6 Å². The van der Waals surface area contributed by atoms with Crippen molar-refractivity contribution in [2.24, 2.45) is 0 Å². The number of hydrogen-bond donors (Lipinski definition) is 2. The summed E-state index contributed by atoms with van der Waals surface area (Å²) in [5.41, 5.74) is 1.28. The Hall–Kier alpha value is -2.40. The van der Waals surface area contributed by atoms with Gasteiger partial charge in [-0.2, -0.15) is 0 Å². The predicted molar refractivity (Wildman–Crippen MR) is 75.4 cm³/mol. The van der Waals surface area contributed by atoms with E-state index in [0.717, 1.165) is 5.56 Å². The number of carbonyl (C=O) groups is 1. The Morgan fingerprint density at radius 1 is 1.30 bits per heavy atom. The largest absolute Gasteiger partial charge is 0.481 e. The number of aliphatic hydroxyl groups excluding tert-OH is 1. The summed E-state index contributed by atoms with van der Waals surface area (Å²) in [4.78, 5) is 15.8. The van der Waals surface area contributed by atoms with E-state index in [-0.39, 0.29) is 12.3 Å². The number of benzene rings is 1. The highest BCUT2D eigenvalue weighted by Gasteiger charge is 2.12. The highest BCUT2D eigenvalue weighted by atomic mass is 16.5. The number of carbonyl (C=O) groups excluding carboxylic acids is 1. The lowest BCUT2D eigenvalue weighted by molar-refractivity contribution is -0.118. The predicted octanol–water partition coefficient (Wildman–Crippen LogP) is 2.15. The number of hydrogen-bond acceptors (Lipinski definition) is 4. The lowest BCUT2D eigenvalue weighted by Crippen LogP contribution is -2.15. The molecule has 0 saturated heterocycles. The van der Waals surface area contributed by atoms with Crippen molar-refractivity contribution >= 4 is 11.6 Å². The maximum atomic E-state index is 11.8. The molecule has 0 aliphatic carbocycles. The Bertz CT molecular complexity index is 555. The van der Waals surface area contributed by atoms with Gasteiger partial charge in [-0.25, -0.2) is 4.98 Å². The molecule has 1 amide bonds. The second-order valence-electron chi connectivity index (χ2n) is 4.27. The second kappa shape index (κ2) is 6.68. The average molecular weight is 272 g/mol. The molecule has 2 aromatic rings. The highest BCUT2D eigenvalue weighted by molar-refractivity contribution is 5.90. The van der Waals surface area contributed by atoms with Crippen LogP contribution < -0.4 is 10.1 Å². The number of aliphatic hydroxyl groups is 1. The van der Waals surface area contributed by atoms with Crippen LogP contribution in [-0.4, -0.2) is 23.1 Å². The summed E-state index contributed by atoms with van der Waals surface area (Å²) in [6.07, 6.45) is 0.684. The van der Waals surface area contributed by atoms with Gasteiger partial charge >= 0.3 is 0 Å². The fourth-order valence-corrected chi connectivity index (χ4v) is 1.76. The number of aromatic nitrogens is 1. The molecule has 1 heterocycles. The van der Waals surface area contributed by atoms with Crippen molar-refractivity contribution in [3.8, 4) is 5.88 Å². The minimum absolute atomic E-state index is 0.00393. The van der Waals surface area contributed by atoms with Gasteiger partial charge in [0.05, 0.1) is 31.5 Å². The van der Waals surface area contributed by atoms with Crippen LogP contribution in [0.2, 0.25) is 0 Å². The number of amides is 1. The average Bonchev–Trinajstić information content (AvgIpc) is 2.49. The summed E-state index contributed by atoms with van der Waals surface area (Å²) >= 11 is 0. The summed E-state index contributed by atoms with van der Waals surface area (Å²) in [5, 5.41) is 12.6. The molecule has 5 nitrogen and oxygen atoms in total. The van der Waals surface area contributed by atoms with Gasteiger partial charge in [0.25, 0.3) is 0 Å². The molecule has 0 bridgehead atoms. The first-order chi connectivity index (χ1) is 9.69. The zero-order valence-electron chi connectivity index (χ0n) is 11.1. The van der Waals surface area contributed by atoms with Crippen molar-refractivity contribution in [2.45, 2.75) is 12.5 Å². The normalized spacial score (nSPS) is 11.7. The Labute approximate surface area is 117 Å². The van der Waals surface area contributed by atoms with Crippen molar-refractivity contribution < 1.29 is 14.6 Å². The summed E-state index contributed by atoms with van der Waals surface area (Å²) in [6.45, 7) is 0. The molecule has 1 atom stereocenters. The molecule has 0 aliphatic rings. The number of nitrogens with zero attached hydrogens (tertiary/aromatic N) is 1. The molecule has 20 heavy (non-hydrogen) atoms. The van der Waals surface area contributed by atoms with Gasteiger partial charge in [-0.05, 0) is 11.6 Å². The summed E-state index contributed by atoms with van der Waals surface area (Å²) in [7, 11) is 1.52. The van der Waals surface area contributed by atoms with Crippen molar-refractivity contribution in [3.05, 3.63) is 54.2 Å². The fourth-order valence-electron chi connectivity index (χ4n) is 1.76. The number of rotatable bonds is 5. The standard InChI is InChI=1S/C15H16N2O3/c1-20-15-8-7-12(10-16-15)17-14(19)9-13(18)11-5-3-2-4-6-11/h2-8,10,13,18H,9H2,1H3,(H,17,19). The maximum Gasteiger partial charge on any atom is 0.227 e. The topological polar surface area (TPSA) is 71.5 Å². The number of ether oxygens (including phenoxy) is 1. The van der Waals surface area contributed by atoms with Crippen molar-refractivity contribution in [1.29, 1.82) is 0 Å². The molecule has 0 saturated carbocycles. The molecular formula is C15H16N2O3. The van der Waals surface area contributed by atoms with E-state index < -0.39 is 6.10 Å². The van der Waals surface area contributed by atoms with E-state index in [1.165, 1.54) is 13.3 Å². The first-order valence-electron chi connectivity index (χ1n) is 6.22. The molecule has 0 spiro atoms. The van der Waals surface area contributed by atoms with Crippen LogP contribution >= 0.6 is 0 Å². The molecule has 0 fully saturated rings. The van der Waals surface area contributed by atoms with Gasteiger partial charge in [0.15, 0.2) is 0 Å². The van der Waals surface area contributed by atoms with E-state index in [2.05, 4.69) is 10.3 Å². The van der Waals surface area contributed by atoms with Gasteiger partial charge < -0.3 is 15.2 Å². The summed E-state index contributed by atoms with van der Waals surface area (Å²) in [5.74, 6) is 0.209. The van der Waals surface area contributed by atoms with Crippen LogP contribution in [0.1, 0.15) is 18.1 Å². The molecule has 0 radical (unpaired) electrons. The maximum absolute atomic E-state index is 11.8. The number of anilines is 1. The van der Waals surface area contributed by atoms with Gasteiger partial charge in [-0.3, -0.25) is 4.79 Å². The third-order valence-electron chi connectivity index (χ3n) is 2.79.